The third-order valence-corrected chi connectivity index (χ3v) is 3.46. The summed E-state index contributed by atoms with van der Waals surface area (Å²) in [7, 11) is 3.59. The van der Waals surface area contributed by atoms with Crippen LogP contribution in [-0.2, 0) is 4.79 Å². The summed E-state index contributed by atoms with van der Waals surface area (Å²) in [5.74, 6) is 0.407. The normalized spacial score (nSPS) is 18.2. The van der Waals surface area contributed by atoms with Gasteiger partial charge in [0.25, 0.3) is 5.91 Å². The van der Waals surface area contributed by atoms with Gasteiger partial charge in [-0.25, -0.2) is 0 Å². The molecule has 0 spiro atoms. The Morgan fingerprint density at radius 1 is 1.32 bits per heavy atom. The summed E-state index contributed by atoms with van der Waals surface area (Å²) < 4.78 is 5.10. The van der Waals surface area contributed by atoms with Crippen molar-refractivity contribution in [1.29, 1.82) is 0 Å². The summed E-state index contributed by atoms with van der Waals surface area (Å²) in [4.78, 5) is 16.1. The third kappa shape index (κ3) is 3.24. The number of ether oxygens (including phenoxy) is 1. The van der Waals surface area contributed by atoms with Gasteiger partial charge in [-0.3, -0.25) is 4.79 Å². The predicted molar refractivity (Wildman–Crippen MR) is 72.0 cm³/mol. The second-order valence-corrected chi connectivity index (χ2v) is 4.81. The number of rotatable bonds is 3. The number of benzene rings is 1. The molecule has 1 aromatic carbocycles. The van der Waals surface area contributed by atoms with E-state index in [2.05, 4.69) is 4.90 Å². The van der Waals surface area contributed by atoms with E-state index in [-0.39, 0.29) is 5.91 Å². The number of amides is 1. The van der Waals surface area contributed by atoms with E-state index in [9.17, 15) is 9.90 Å². The Hall–Kier alpha value is -1.59. The summed E-state index contributed by atoms with van der Waals surface area (Å²) in [5, 5.41) is 10.2. The van der Waals surface area contributed by atoms with Gasteiger partial charge in [-0.2, -0.15) is 0 Å². The van der Waals surface area contributed by atoms with Gasteiger partial charge in [0.05, 0.1) is 7.11 Å². The minimum Gasteiger partial charge on any atom is -0.497 e. The van der Waals surface area contributed by atoms with E-state index in [4.69, 9.17) is 4.74 Å². The Labute approximate surface area is 113 Å². The van der Waals surface area contributed by atoms with Crippen molar-refractivity contribution in [3.63, 3.8) is 0 Å². The SMILES string of the molecule is COc1cccc(C(O)C(=O)N2CCN(C)CC2)c1. The quantitative estimate of drug-likeness (QED) is 0.864. The topological polar surface area (TPSA) is 53.0 Å². The third-order valence-electron chi connectivity index (χ3n) is 3.46. The predicted octanol–water partition coefficient (Wildman–Crippen LogP) is 0.503. The zero-order chi connectivity index (χ0) is 13.8. The van der Waals surface area contributed by atoms with Crippen LogP contribution in [0.3, 0.4) is 0 Å². The van der Waals surface area contributed by atoms with Gasteiger partial charge >= 0.3 is 0 Å². The van der Waals surface area contributed by atoms with Crippen molar-refractivity contribution >= 4 is 5.91 Å². The van der Waals surface area contributed by atoms with Crippen LogP contribution < -0.4 is 4.74 Å². The fourth-order valence-corrected chi connectivity index (χ4v) is 2.15. The summed E-state index contributed by atoms with van der Waals surface area (Å²) in [6, 6.07) is 6.99. The molecule has 5 heteroatoms. The average molecular weight is 264 g/mol. The van der Waals surface area contributed by atoms with Crippen LogP contribution in [0.25, 0.3) is 0 Å². The molecule has 0 bridgehead atoms. The number of carbonyl (C=O) groups excluding carboxylic acids is 1. The molecule has 19 heavy (non-hydrogen) atoms. The molecule has 1 N–H and O–H groups in total. The number of likely N-dealkylation sites (N-methyl/N-ethyl adjacent to an activating group) is 1. The Morgan fingerprint density at radius 3 is 2.63 bits per heavy atom. The highest BCUT2D eigenvalue weighted by atomic mass is 16.5. The van der Waals surface area contributed by atoms with E-state index in [0.29, 0.717) is 24.4 Å². The zero-order valence-corrected chi connectivity index (χ0v) is 11.4. The summed E-state index contributed by atoms with van der Waals surface area (Å²) in [6.07, 6.45) is -1.11. The van der Waals surface area contributed by atoms with Crippen molar-refractivity contribution in [1.82, 2.24) is 9.80 Å². The number of hydrogen-bond donors (Lipinski definition) is 1. The molecule has 1 saturated heterocycles. The average Bonchev–Trinajstić information content (AvgIpc) is 2.46. The van der Waals surface area contributed by atoms with Crippen LogP contribution in [0.15, 0.2) is 24.3 Å². The second kappa shape index (κ2) is 6.04. The van der Waals surface area contributed by atoms with E-state index in [1.807, 2.05) is 7.05 Å². The van der Waals surface area contributed by atoms with Crippen LogP contribution in [0.5, 0.6) is 5.75 Å². The first kappa shape index (κ1) is 13.8. The molecule has 0 radical (unpaired) electrons. The first-order valence-electron chi connectivity index (χ1n) is 6.41. The Morgan fingerprint density at radius 2 is 2.00 bits per heavy atom. The van der Waals surface area contributed by atoms with Gasteiger partial charge in [0, 0.05) is 26.2 Å². The maximum absolute atomic E-state index is 12.2. The Balaban J connectivity index is 2.05. The van der Waals surface area contributed by atoms with Crippen molar-refractivity contribution < 1.29 is 14.6 Å². The van der Waals surface area contributed by atoms with Gasteiger partial charge in [0.1, 0.15) is 5.75 Å². The fourth-order valence-electron chi connectivity index (χ4n) is 2.15. The minimum absolute atomic E-state index is 0.235. The van der Waals surface area contributed by atoms with Crippen molar-refractivity contribution in [2.75, 3.05) is 40.3 Å². The molecule has 1 aliphatic heterocycles. The number of hydrogen-bond acceptors (Lipinski definition) is 4. The lowest BCUT2D eigenvalue weighted by molar-refractivity contribution is -0.142. The second-order valence-electron chi connectivity index (χ2n) is 4.81. The standard InChI is InChI=1S/C14H20N2O3/c1-15-6-8-16(9-7-15)14(18)13(17)11-4-3-5-12(10-11)19-2/h3-5,10,13,17H,6-9H2,1-2H3. The molecule has 1 unspecified atom stereocenters. The molecule has 0 aromatic heterocycles. The molecule has 2 rings (SSSR count). The maximum Gasteiger partial charge on any atom is 0.256 e. The van der Waals surface area contributed by atoms with Crippen molar-refractivity contribution in [3.05, 3.63) is 29.8 Å². The highest BCUT2D eigenvalue weighted by molar-refractivity contribution is 5.82. The van der Waals surface area contributed by atoms with E-state index < -0.39 is 6.10 Å². The van der Waals surface area contributed by atoms with Crippen molar-refractivity contribution in [2.24, 2.45) is 0 Å². The van der Waals surface area contributed by atoms with E-state index in [1.165, 1.54) is 0 Å². The Kier molecular flexibility index (Phi) is 4.39. The van der Waals surface area contributed by atoms with Crippen molar-refractivity contribution in [2.45, 2.75) is 6.10 Å². The molecule has 1 amide bonds. The van der Waals surface area contributed by atoms with Gasteiger partial charge in [0.15, 0.2) is 6.10 Å². The first-order valence-corrected chi connectivity index (χ1v) is 6.41. The smallest absolute Gasteiger partial charge is 0.256 e. The maximum atomic E-state index is 12.2. The molecule has 1 aliphatic rings. The largest absolute Gasteiger partial charge is 0.497 e. The Bertz CT molecular complexity index is 442. The lowest BCUT2D eigenvalue weighted by Gasteiger charge is -2.33. The van der Waals surface area contributed by atoms with Crippen LogP contribution in [0.1, 0.15) is 11.7 Å². The first-order chi connectivity index (χ1) is 9.11. The summed E-state index contributed by atoms with van der Waals surface area (Å²) in [5.41, 5.74) is 0.572. The molecule has 1 atom stereocenters. The van der Waals surface area contributed by atoms with Crippen LogP contribution >= 0.6 is 0 Å². The molecular weight excluding hydrogens is 244 g/mol. The van der Waals surface area contributed by atoms with Gasteiger partial charge in [-0.1, -0.05) is 12.1 Å². The molecule has 104 valence electrons. The number of aliphatic hydroxyl groups excluding tert-OH is 1. The molecule has 5 nitrogen and oxygen atoms in total. The lowest BCUT2D eigenvalue weighted by Crippen LogP contribution is -2.48. The number of methoxy groups -OCH3 is 1. The monoisotopic (exact) mass is 264 g/mol. The van der Waals surface area contributed by atoms with E-state index in [1.54, 1.807) is 36.3 Å². The number of nitrogens with zero attached hydrogens (tertiary/aromatic N) is 2. The molecule has 0 aliphatic carbocycles. The van der Waals surface area contributed by atoms with Gasteiger partial charge in [0.2, 0.25) is 0 Å². The molecule has 1 fully saturated rings. The number of piperazine rings is 1. The van der Waals surface area contributed by atoms with Gasteiger partial charge < -0.3 is 19.6 Å². The van der Waals surface area contributed by atoms with E-state index in [0.717, 1.165) is 13.1 Å². The molecule has 1 aromatic rings. The lowest BCUT2D eigenvalue weighted by atomic mass is 10.1. The van der Waals surface area contributed by atoms with Gasteiger partial charge in [-0.15, -0.1) is 0 Å². The van der Waals surface area contributed by atoms with E-state index >= 15 is 0 Å². The highest BCUT2D eigenvalue weighted by Gasteiger charge is 2.26. The molecular formula is C14H20N2O3. The molecule has 1 heterocycles. The highest BCUT2D eigenvalue weighted by Crippen LogP contribution is 2.21. The fraction of sp³-hybridized carbons (Fsp3) is 0.500. The zero-order valence-electron chi connectivity index (χ0n) is 11.4. The number of aliphatic hydroxyl groups is 1. The van der Waals surface area contributed by atoms with Crippen LogP contribution in [0.2, 0.25) is 0 Å². The summed E-state index contributed by atoms with van der Waals surface area (Å²) in [6.45, 7) is 3.01. The van der Waals surface area contributed by atoms with Crippen LogP contribution in [0.4, 0.5) is 0 Å². The molecule has 0 saturated carbocycles. The van der Waals surface area contributed by atoms with Crippen LogP contribution in [0, 0.1) is 0 Å². The number of carbonyl (C=O) groups is 1. The van der Waals surface area contributed by atoms with Crippen LogP contribution in [-0.4, -0.2) is 61.2 Å². The van der Waals surface area contributed by atoms with Gasteiger partial charge in [-0.05, 0) is 24.7 Å². The minimum atomic E-state index is -1.11. The van der Waals surface area contributed by atoms with Crippen molar-refractivity contribution in [3.8, 4) is 5.75 Å². The summed E-state index contributed by atoms with van der Waals surface area (Å²) >= 11 is 0.